The first-order chi connectivity index (χ1) is 21.5. The van der Waals surface area contributed by atoms with Gasteiger partial charge < -0.3 is 30.7 Å². The lowest BCUT2D eigenvalue weighted by Crippen LogP contribution is -2.49. The van der Waals surface area contributed by atoms with Crippen LogP contribution in [0.3, 0.4) is 0 Å². The van der Waals surface area contributed by atoms with E-state index in [0.29, 0.717) is 29.2 Å². The van der Waals surface area contributed by atoms with Crippen LogP contribution < -0.4 is 21.3 Å². The molecule has 4 N–H and O–H groups in total. The van der Waals surface area contributed by atoms with E-state index in [-0.39, 0.29) is 37.8 Å². The number of nitrogens with zero attached hydrogens (tertiary/aromatic N) is 1. The average molecular weight is 656 g/mol. The average Bonchev–Trinajstić information content (AvgIpc) is 3.00. The number of morpholine rings is 1. The van der Waals surface area contributed by atoms with Crippen molar-refractivity contribution in [2.75, 3.05) is 36.9 Å². The van der Waals surface area contributed by atoms with Crippen LogP contribution in [0.15, 0.2) is 60.9 Å². The highest BCUT2D eigenvalue weighted by molar-refractivity contribution is 6.30. The van der Waals surface area contributed by atoms with Gasteiger partial charge >= 0.3 is 12.3 Å². The van der Waals surface area contributed by atoms with Crippen molar-refractivity contribution < 1.29 is 41.0 Å². The molecule has 9 nitrogen and oxygen atoms in total. The molecule has 1 aromatic heterocycles. The van der Waals surface area contributed by atoms with Crippen molar-refractivity contribution in [3.63, 3.8) is 0 Å². The van der Waals surface area contributed by atoms with Crippen LogP contribution in [0.5, 0.6) is 0 Å². The first-order valence-corrected chi connectivity index (χ1v) is 14.4. The van der Waals surface area contributed by atoms with Gasteiger partial charge in [-0.1, -0.05) is 29.8 Å². The summed E-state index contributed by atoms with van der Waals surface area (Å²) < 4.78 is 76.6. The molecule has 4 rings (SSSR count). The molecule has 0 radical (unpaired) electrons. The first-order valence-electron chi connectivity index (χ1n) is 14.0. The Morgan fingerprint density at radius 2 is 1.87 bits per heavy atom. The normalized spacial score (nSPS) is 17.3. The van der Waals surface area contributed by atoms with Gasteiger partial charge in [-0.15, -0.1) is 0 Å². The van der Waals surface area contributed by atoms with Crippen LogP contribution in [0.4, 0.5) is 38.1 Å². The zero-order valence-corrected chi connectivity index (χ0v) is 24.6. The number of pyridine rings is 1. The molecule has 1 fully saturated rings. The molecule has 0 aliphatic carbocycles. The predicted molar refractivity (Wildman–Crippen MR) is 157 cm³/mol. The van der Waals surface area contributed by atoms with E-state index in [4.69, 9.17) is 21.1 Å². The second-order valence-corrected chi connectivity index (χ2v) is 10.7. The molecule has 0 spiro atoms. The largest absolute Gasteiger partial charge is 0.448 e. The lowest BCUT2D eigenvalue weighted by Gasteiger charge is -2.30. The molecule has 2 amide bonds. The molecule has 45 heavy (non-hydrogen) atoms. The molecule has 1 saturated heterocycles. The summed E-state index contributed by atoms with van der Waals surface area (Å²) >= 11 is 6.01. The number of alkyl carbamates (subject to hydrolysis) is 1. The van der Waals surface area contributed by atoms with Gasteiger partial charge in [-0.05, 0) is 48.7 Å². The van der Waals surface area contributed by atoms with E-state index >= 15 is 4.39 Å². The van der Waals surface area contributed by atoms with Crippen molar-refractivity contribution in [2.45, 2.75) is 43.6 Å². The molecule has 1 aliphatic heterocycles. The van der Waals surface area contributed by atoms with Crippen molar-refractivity contribution >= 4 is 35.0 Å². The Morgan fingerprint density at radius 3 is 2.56 bits per heavy atom. The fourth-order valence-electron chi connectivity index (χ4n) is 4.56. The van der Waals surface area contributed by atoms with E-state index in [1.165, 1.54) is 24.4 Å². The maximum atomic E-state index is 15.1. The Morgan fingerprint density at radius 1 is 1.09 bits per heavy atom. The third-order valence-corrected chi connectivity index (χ3v) is 7.13. The Bertz CT molecular complexity index is 1440. The Kier molecular flexibility index (Phi) is 11.9. The fraction of sp³-hybridized carbons (Fsp3) is 0.367. The summed E-state index contributed by atoms with van der Waals surface area (Å²) in [4.78, 5) is 28.5. The maximum Gasteiger partial charge on any atom is 0.407 e. The van der Waals surface area contributed by atoms with Crippen LogP contribution in [0.2, 0.25) is 5.02 Å². The first kappa shape index (κ1) is 33.9. The Labute approximate surface area is 260 Å². The highest BCUT2D eigenvalue weighted by atomic mass is 35.5. The van der Waals surface area contributed by atoms with Gasteiger partial charge in [-0.3, -0.25) is 9.78 Å². The van der Waals surface area contributed by atoms with Crippen LogP contribution in [-0.4, -0.2) is 67.7 Å². The molecule has 3 atom stereocenters. The minimum absolute atomic E-state index is 0.0510. The number of carbonyl (C=O) groups excluding carboxylic acids is 2. The minimum Gasteiger partial charge on any atom is -0.448 e. The van der Waals surface area contributed by atoms with Crippen molar-refractivity contribution in [2.24, 2.45) is 0 Å². The minimum atomic E-state index is -4.55. The molecule has 1 aliphatic rings. The third-order valence-electron chi connectivity index (χ3n) is 6.88. The van der Waals surface area contributed by atoms with Crippen LogP contribution >= 0.6 is 11.6 Å². The highest BCUT2D eigenvalue weighted by Crippen LogP contribution is 2.25. The van der Waals surface area contributed by atoms with Gasteiger partial charge in [0.2, 0.25) is 5.91 Å². The van der Waals surface area contributed by atoms with Gasteiger partial charge in [0.15, 0.2) is 5.82 Å². The molecule has 3 aromatic rings. The second-order valence-electron chi connectivity index (χ2n) is 10.3. The molecule has 0 saturated carbocycles. The highest BCUT2D eigenvalue weighted by Gasteiger charge is 2.29. The van der Waals surface area contributed by atoms with Gasteiger partial charge in [0.05, 0.1) is 30.6 Å². The summed E-state index contributed by atoms with van der Waals surface area (Å²) in [7, 11) is 0. The van der Waals surface area contributed by atoms with Crippen LogP contribution in [0.25, 0.3) is 0 Å². The Hall–Kier alpha value is -4.01. The number of hydrogen-bond donors (Lipinski definition) is 4. The summed E-state index contributed by atoms with van der Waals surface area (Å²) in [5.74, 6) is -1.75. The fourth-order valence-corrected chi connectivity index (χ4v) is 4.69. The summed E-state index contributed by atoms with van der Waals surface area (Å²) in [5, 5.41) is 10.9. The number of halogens is 6. The number of carbonyl (C=O) groups is 2. The van der Waals surface area contributed by atoms with Crippen molar-refractivity contribution in [1.29, 1.82) is 0 Å². The molecule has 0 unspecified atom stereocenters. The van der Waals surface area contributed by atoms with E-state index in [9.17, 15) is 27.2 Å². The number of rotatable bonds is 12. The lowest BCUT2D eigenvalue weighted by atomic mass is 10.0. The lowest BCUT2D eigenvalue weighted by molar-refractivity contribution is -0.124. The van der Waals surface area contributed by atoms with Gasteiger partial charge in [-0.2, -0.15) is 13.2 Å². The maximum absolute atomic E-state index is 15.1. The van der Waals surface area contributed by atoms with Crippen LogP contribution in [0, 0.1) is 11.6 Å². The van der Waals surface area contributed by atoms with Gasteiger partial charge in [0.1, 0.15) is 25.0 Å². The molecule has 0 bridgehead atoms. The van der Waals surface area contributed by atoms with Crippen molar-refractivity contribution in [3.05, 3.63) is 88.7 Å². The van der Waals surface area contributed by atoms with E-state index in [1.807, 2.05) is 0 Å². The summed E-state index contributed by atoms with van der Waals surface area (Å²) in [5.41, 5.74) is 1.40. The van der Waals surface area contributed by atoms with E-state index < -0.39 is 48.4 Å². The molecule has 15 heteroatoms. The number of nitrogens with one attached hydrogen (secondary N) is 4. The van der Waals surface area contributed by atoms with Crippen LogP contribution in [0.1, 0.15) is 17.5 Å². The van der Waals surface area contributed by atoms with E-state index in [2.05, 4.69) is 20.9 Å². The third kappa shape index (κ3) is 10.8. The SMILES string of the molecule is O=C(NCC(F)(F)F)OC[C@@H]1CO[C@H](CCc2c(F)cccc2N[C@@H](Cc2ccc(Cl)cc2)C(=O)Nc2ccncc2F)CN1. The van der Waals surface area contributed by atoms with Crippen molar-refractivity contribution in [3.8, 4) is 0 Å². The number of hydrogen-bond acceptors (Lipinski definition) is 7. The summed E-state index contributed by atoms with van der Waals surface area (Å²) in [6.45, 7) is -1.24. The molecule has 242 valence electrons. The van der Waals surface area contributed by atoms with Gasteiger partial charge in [-0.25, -0.2) is 13.6 Å². The molecule has 2 aromatic carbocycles. The second kappa shape index (κ2) is 15.8. The smallest absolute Gasteiger partial charge is 0.407 e. The number of aromatic nitrogens is 1. The monoisotopic (exact) mass is 655 g/mol. The summed E-state index contributed by atoms with van der Waals surface area (Å²) in [6.07, 6.45) is -2.95. The van der Waals surface area contributed by atoms with Crippen molar-refractivity contribution in [1.82, 2.24) is 15.6 Å². The number of benzene rings is 2. The van der Waals surface area contributed by atoms with E-state index in [1.54, 1.807) is 35.6 Å². The number of amides is 2. The predicted octanol–water partition coefficient (Wildman–Crippen LogP) is 5.25. The quantitative estimate of drug-likeness (QED) is 0.197. The standard InChI is InChI=1S/C30H31ClF5N5O4/c31-19-6-4-18(5-7-19)12-27(28(42)41-26-10-11-37-14-24(26)33)40-25-3-1-2-23(32)22(25)9-8-21-13-38-20(15-44-21)16-45-29(43)39-17-30(34,35)36/h1-7,10-11,14,20-21,27,38,40H,8-9,12-13,15-17H2,(H,39,43)(H,37,41,42)/t20-,21+,27-/m0/s1. The van der Waals surface area contributed by atoms with Crippen LogP contribution in [-0.2, 0) is 27.1 Å². The molecular weight excluding hydrogens is 625 g/mol. The zero-order valence-electron chi connectivity index (χ0n) is 23.8. The number of anilines is 2. The molecular formula is C30H31ClF5N5O4. The van der Waals surface area contributed by atoms with Gasteiger partial charge in [0.25, 0.3) is 0 Å². The Balaban J connectivity index is 1.37. The van der Waals surface area contributed by atoms with E-state index in [0.717, 1.165) is 11.8 Å². The molecule has 2 heterocycles. The number of alkyl halides is 3. The topological polar surface area (TPSA) is 114 Å². The van der Waals surface area contributed by atoms with Gasteiger partial charge in [0, 0.05) is 35.4 Å². The number of ether oxygens (including phenoxy) is 2. The zero-order chi connectivity index (χ0) is 32.4. The summed E-state index contributed by atoms with van der Waals surface area (Å²) in [6, 6.07) is 11.3.